The quantitative estimate of drug-likeness (QED) is 0.877. The maximum atomic E-state index is 5.87. The molecule has 1 saturated carbocycles. The minimum absolute atomic E-state index is 0.190. The van der Waals surface area contributed by atoms with Crippen molar-refractivity contribution in [3.63, 3.8) is 0 Å². The molecule has 2 nitrogen and oxygen atoms in total. The van der Waals surface area contributed by atoms with Crippen LogP contribution in [-0.2, 0) is 4.74 Å². The van der Waals surface area contributed by atoms with Gasteiger partial charge in [-0.2, -0.15) is 0 Å². The molecule has 0 amide bonds. The number of rotatable bonds is 4. The first kappa shape index (κ1) is 12.7. The number of hydrogen-bond acceptors (Lipinski definition) is 2. The van der Waals surface area contributed by atoms with Crippen LogP contribution in [0, 0.1) is 5.41 Å². The third kappa shape index (κ3) is 2.58. The first-order valence-electron chi connectivity index (χ1n) is 6.17. The maximum absolute atomic E-state index is 5.87. The van der Waals surface area contributed by atoms with Crippen LogP contribution in [0.1, 0.15) is 27.2 Å². The molecule has 0 heterocycles. The predicted octanol–water partition coefficient (Wildman–Crippen LogP) is 3.96. The van der Waals surface area contributed by atoms with Gasteiger partial charge in [-0.05, 0) is 37.6 Å². The molecule has 1 N–H and O–H groups in total. The van der Waals surface area contributed by atoms with E-state index in [1.165, 1.54) is 0 Å². The molecule has 0 saturated heterocycles. The summed E-state index contributed by atoms with van der Waals surface area (Å²) < 4.78 is 5.72. The number of ether oxygens (including phenoxy) is 1. The lowest BCUT2D eigenvalue weighted by Gasteiger charge is -2.52. The molecule has 2 unspecified atom stereocenters. The molecular weight excluding hydrogens is 234 g/mol. The minimum atomic E-state index is 0.190. The molecule has 17 heavy (non-hydrogen) atoms. The minimum Gasteiger partial charge on any atom is -0.382 e. The molecule has 2 rings (SSSR count). The second-order valence-electron chi connectivity index (χ2n) is 5.20. The molecule has 2 atom stereocenters. The average Bonchev–Trinajstić information content (AvgIpc) is 2.30. The highest BCUT2D eigenvalue weighted by Gasteiger charge is 2.48. The lowest BCUT2D eigenvalue weighted by molar-refractivity contribution is -0.0975. The zero-order valence-corrected chi connectivity index (χ0v) is 11.4. The van der Waals surface area contributed by atoms with Crippen molar-refractivity contribution in [3.8, 4) is 0 Å². The van der Waals surface area contributed by atoms with Gasteiger partial charge in [-0.15, -0.1) is 0 Å². The van der Waals surface area contributed by atoms with Gasteiger partial charge in [0.15, 0.2) is 0 Å². The van der Waals surface area contributed by atoms with Gasteiger partial charge in [0.2, 0.25) is 0 Å². The molecule has 3 heteroatoms. The predicted molar refractivity (Wildman–Crippen MR) is 72.7 cm³/mol. The van der Waals surface area contributed by atoms with E-state index in [0.29, 0.717) is 12.1 Å². The van der Waals surface area contributed by atoms with Crippen LogP contribution < -0.4 is 5.32 Å². The molecule has 1 aromatic carbocycles. The molecule has 0 aliphatic heterocycles. The summed E-state index contributed by atoms with van der Waals surface area (Å²) in [7, 11) is 0. The molecule has 0 bridgehead atoms. The topological polar surface area (TPSA) is 21.3 Å². The molecule has 0 spiro atoms. The lowest BCUT2D eigenvalue weighted by atomic mass is 9.64. The molecule has 1 fully saturated rings. The summed E-state index contributed by atoms with van der Waals surface area (Å²) in [5, 5.41) is 4.32. The van der Waals surface area contributed by atoms with Crippen LogP contribution in [0.4, 0.5) is 5.69 Å². The largest absolute Gasteiger partial charge is 0.382 e. The highest BCUT2D eigenvalue weighted by molar-refractivity contribution is 6.30. The zero-order valence-electron chi connectivity index (χ0n) is 10.7. The highest BCUT2D eigenvalue weighted by atomic mass is 35.5. The van der Waals surface area contributed by atoms with Crippen LogP contribution in [-0.4, -0.2) is 18.8 Å². The van der Waals surface area contributed by atoms with E-state index in [-0.39, 0.29) is 5.41 Å². The van der Waals surface area contributed by atoms with Crippen LogP contribution in [0.3, 0.4) is 0 Å². The van der Waals surface area contributed by atoms with Crippen LogP contribution in [0.15, 0.2) is 24.3 Å². The van der Waals surface area contributed by atoms with E-state index in [2.05, 4.69) is 26.1 Å². The number of benzene rings is 1. The summed E-state index contributed by atoms with van der Waals surface area (Å²) in [6.07, 6.45) is 1.45. The average molecular weight is 254 g/mol. The van der Waals surface area contributed by atoms with Crippen molar-refractivity contribution < 1.29 is 4.74 Å². The van der Waals surface area contributed by atoms with Crippen molar-refractivity contribution in [2.45, 2.75) is 39.3 Å². The fourth-order valence-electron chi connectivity index (χ4n) is 2.36. The van der Waals surface area contributed by atoms with E-state index in [4.69, 9.17) is 16.3 Å². The Bertz CT molecular complexity index is 374. The first-order valence-corrected chi connectivity index (χ1v) is 6.55. The number of halogens is 1. The molecule has 0 radical (unpaired) electrons. The summed E-state index contributed by atoms with van der Waals surface area (Å²) >= 11 is 5.87. The van der Waals surface area contributed by atoms with E-state index in [0.717, 1.165) is 23.7 Å². The van der Waals surface area contributed by atoms with Gasteiger partial charge >= 0.3 is 0 Å². The van der Waals surface area contributed by atoms with Gasteiger partial charge in [-0.1, -0.05) is 25.4 Å². The number of nitrogens with one attached hydrogen (secondary N) is 1. The Labute approximate surface area is 108 Å². The molecular formula is C14H20ClNO. The summed E-state index contributed by atoms with van der Waals surface area (Å²) in [6.45, 7) is 7.35. The van der Waals surface area contributed by atoms with Crippen molar-refractivity contribution in [1.29, 1.82) is 0 Å². The van der Waals surface area contributed by atoms with E-state index >= 15 is 0 Å². The zero-order chi connectivity index (χ0) is 12.5. The van der Waals surface area contributed by atoms with Crippen molar-refractivity contribution in [2.24, 2.45) is 5.41 Å². The smallest absolute Gasteiger partial charge is 0.0665 e. The summed E-state index contributed by atoms with van der Waals surface area (Å²) in [5.41, 5.74) is 1.32. The molecule has 1 aliphatic rings. The third-order valence-electron chi connectivity index (χ3n) is 3.73. The van der Waals surface area contributed by atoms with Gasteiger partial charge in [0, 0.05) is 28.8 Å². The summed E-state index contributed by atoms with van der Waals surface area (Å²) in [6, 6.07) is 8.34. The molecule has 0 aromatic heterocycles. The Morgan fingerprint density at radius 3 is 2.53 bits per heavy atom. The molecule has 1 aromatic rings. The second kappa shape index (κ2) is 4.87. The standard InChI is InChI=1S/C14H20ClNO/c1-4-17-13-9-12(14(13,2)3)16-11-7-5-10(15)6-8-11/h5-8,12-13,16H,4,9H2,1-3H3. The van der Waals surface area contributed by atoms with E-state index in [1.54, 1.807) is 0 Å². The van der Waals surface area contributed by atoms with Crippen molar-refractivity contribution >= 4 is 17.3 Å². The Hall–Kier alpha value is -0.730. The van der Waals surface area contributed by atoms with Crippen molar-refractivity contribution in [2.75, 3.05) is 11.9 Å². The van der Waals surface area contributed by atoms with Gasteiger partial charge in [0.25, 0.3) is 0 Å². The van der Waals surface area contributed by atoms with E-state index < -0.39 is 0 Å². The third-order valence-corrected chi connectivity index (χ3v) is 3.98. The Morgan fingerprint density at radius 2 is 2.00 bits per heavy atom. The Balaban J connectivity index is 1.95. The number of anilines is 1. The SMILES string of the molecule is CCOC1CC(Nc2ccc(Cl)cc2)C1(C)C. The van der Waals surface area contributed by atoms with E-state index in [9.17, 15) is 0 Å². The van der Waals surface area contributed by atoms with Gasteiger partial charge in [-0.25, -0.2) is 0 Å². The van der Waals surface area contributed by atoms with Crippen LogP contribution in [0.5, 0.6) is 0 Å². The summed E-state index contributed by atoms with van der Waals surface area (Å²) in [4.78, 5) is 0. The van der Waals surface area contributed by atoms with Gasteiger partial charge in [0.05, 0.1) is 6.10 Å². The Morgan fingerprint density at radius 1 is 1.35 bits per heavy atom. The monoisotopic (exact) mass is 253 g/mol. The van der Waals surface area contributed by atoms with Crippen LogP contribution in [0.25, 0.3) is 0 Å². The van der Waals surface area contributed by atoms with E-state index in [1.807, 2.05) is 24.3 Å². The highest BCUT2D eigenvalue weighted by Crippen LogP contribution is 2.44. The normalized spacial score (nSPS) is 26.4. The first-order chi connectivity index (χ1) is 8.04. The summed E-state index contributed by atoms with van der Waals surface area (Å²) in [5.74, 6) is 0. The van der Waals surface area contributed by atoms with Gasteiger partial charge in [0.1, 0.15) is 0 Å². The maximum Gasteiger partial charge on any atom is 0.0665 e. The van der Waals surface area contributed by atoms with Crippen molar-refractivity contribution in [1.82, 2.24) is 0 Å². The molecule has 94 valence electrons. The van der Waals surface area contributed by atoms with Crippen LogP contribution in [0.2, 0.25) is 5.02 Å². The second-order valence-corrected chi connectivity index (χ2v) is 5.64. The fourth-order valence-corrected chi connectivity index (χ4v) is 2.49. The Kier molecular flexibility index (Phi) is 3.64. The molecule has 1 aliphatic carbocycles. The van der Waals surface area contributed by atoms with Gasteiger partial charge in [-0.3, -0.25) is 0 Å². The van der Waals surface area contributed by atoms with Gasteiger partial charge < -0.3 is 10.1 Å². The number of hydrogen-bond donors (Lipinski definition) is 1. The lowest BCUT2D eigenvalue weighted by Crippen LogP contribution is -2.58. The fraction of sp³-hybridized carbons (Fsp3) is 0.571. The van der Waals surface area contributed by atoms with Crippen molar-refractivity contribution in [3.05, 3.63) is 29.3 Å². The van der Waals surface area contributed by atoms with Crippen LogP contribution >= 0.6 is 11.6 Å².